The molecule has 5 aromatic rings. The van der Waals surface area contributed by atoms with Crippen molar-refractivity contribution < 1.29 is 4.43 Å². The first-order valence-electron chi connectivity index (χ1n) is 12.9. The van der Waals surface area contributed by atoms with E-state index in [1.54, 1.807) is 22.9 Å². The summed E-state index contributed by atoms with van der Waals surface area (Å²) in [6.45, 7) is 9.26. The summed E-state index contributed by atoms with van der Waals surface area (Å²) < 4.78 is 11.0. The van der Waals surface area contributed by atoms with Gasteiger partial charge in [0.2, 0.25) is 0 Å². The highest BCUT2D eigenvalue weighted by Gasteiger charge is 2.50. The van der Waals surface area contributed by atoms with E-state index in [9.17, 15) is 9.59 Å². The fourth-order valence-electron chi connectivity index (χ4n) is 5.31. The molecule has 5 rings (SSSR count). The molecule has 3 aromatic carbocycles. The average Bonchev–Trinajstić information content (AvgIpc) is 3.26. The molecule has 0 fully saturated rings. The quantitative estimate of drug-likeness (QED) is 0.207. The van der Waals surface area contributed by atoms with Crippen LogP contribution in [0.2, 0.25) is 5.04 Å². The van der Waals surface area contributed by atoms with Crippen molar-refractivity contribution >= 4 is 52.1 Å². The van der Waals surface area contributed by atoms with Crippen molar-refractivity contribution in [3.8, 4) is 5.69 Å². The molecule has 0 radical (unpaired) electrons. The second kappa shape index (κ2) is 10.7. The minimum Gasteiger partial charge on any atom is -0.400 e. The maximum absolute atomic E-state index is 13.5. The van der Waals surface area contributed by atoms with Crippen LogP contribution in [0.25, 0.3) is 16.5 Å². The largest absolute Gasteiger partial charge is 0.400 e. The van der Waals surface area contributed by atoms with E-state index >= 15 is 0 Å². The van der Waals surface area contributed by atoms with Crippen LogP contribution in [0.1, 0.15) is 33.5 Å². The second-order valence-corrected chi connectivity index (χ2v) is 16.0. The zero-order valence-electron chi connectivity index (χ0n) is 22.4. The van der Waals surface area contributed by atoms with Gasteiger partial charge in [-0.2, -0.15) is 4.68 Å². The van der Waals surface area contributed by atoms with Gasteiger partial charge in [-0.1, -0.05) is 81.4 Å². The van der Waals surface area contributed by atoms with Gasteiger partial charge in [-0.15, -0.1) is 5.10 Å². The van der Waals surface area contributed by atoms with Crippen LogP contribution in [0.4, 0.5) is 0 Å². The van der Waals surface area contributed by atoms with Gasteiger partial charge in [0, 0.05) is 27.1 Å². The number of H-pyrrole nitrogens is 1. The van der Waals surface area contributed by atoms with Crippen molar-refractivity contribution in [3.05, 3.63) is 115 Å². The van der Waals surface area contributed by atoms with E-state index in [1.165, 1.54) is 15.1 Å². The zero-order valence-corrected chi connectivity index (χ0v) is 25.6. The molecule has 200 valence electrons. The Morgan fingerprint density at radius 2 is 1.54 bits per heavy atom. The molecule has 2 heterocycles. The van der Waals surface area contributed by atoms with Crippen LogP contribution in [0.5, 0.6) is 0 Å². The third-order valence-corrected chi connectivity index (χ3v) is 13.0. The van der Waals surface area contributed by atoms with E-state index in [1.807, 2.05) is 25.1 Å². The number of halogens is 1. The van der Waals surface area contributed by atoms with Crippen LogP contribution in [0.3, 0.4) is 0 Å². The van der Waals surface area contributed by atoms with Crippen molar-refractivity contribution in [2.24, 2.45) is 0 Å². The van der Waals surface area contributed by atoms with Gasteiger partial charge in [0.15, 0.2) is 5.82 Å². The van der Waals surface area contributed by atoms with Crippen molar-refractivity contribution in [1.82, 2.24) is 19.3 Å². The Morgan fingerprint density at radius 3 is 2.10 bits per heavy atom. The number of aromatic amines is 1. The van der Waals surface area contributed by atoms with Gasteiger partial charge in [-0.25, -0.2) is 4.79 Å². The molecule has 39 heavy (non-hydrogen) atoms. The molecule has 0 saturated carbocycles. The van der Waals surface area contributed by atoms with Crippen molar-refractivity contribution in [2.45, 2.75) is 45.9 Å². The highest BCUT2D eigenvalue weighted by Crippen LogP contribution is 2.37. The second-order valence-electron chi connectivity index (χ2n) is 10.5. The number of pyridine rings is 1. The van der Waals surface area contributed by atoms with E-state index in [4.69, 9.17) is 9.52 Å². The third kappa shape index (κ3) is 4.83. The minimum absolute atomic E-state index is 0.164. The SMILES string of the molecule is CCn1c(CO[Si](c2ccccc2)(c2ccccc2)C(C)(C)C)nn(-c2ccc3c(=O)[nH]cc(I)c3c2)c1=O. The number of nitrogens with zero attached hydrogens (tertiary/aromatic N) is 3. The first-order valence-corrected chi connectivity index (χ1v) is 15.9. The summed E-state index contributed by atoms with van der Waals surface area (Å²) in [4.78, 5) is 28.5. The Hall–Kier alpha value is -3.28. The molecule has 9 heteroatoms. The Labute approximate surface area is 241 Å². The Bertz CT molecular complexity index is 1700. The highest BCUT2D eigenvalue weighted by molar-refractivity contribution is 14.1. The molecule has 0 aliphatic carbocycles. The number of rotatable bonds is 7. The Kier molecular flexibility index (Phi) is 7.49. The van der Waals surface area contributed by atoms with Gasteiger partial charge < -0.3 is 9.41 Å². The molecule has 0 spiro atoms. The van der Waals surface area contributed by atoms with Gasteiger partial charge in [0.25, 0.3) is 13.9 Å². The fourth-order valence-corrected chi connectivity index (χ4v) is 10.4. The zero-order chi connectivity index (χ0) is 27.8. The molecular weight excluding hydrogens is 619 g/mol. The molecule has 7 nitrogen and oxygen atoms in total. The minimum atomic E-state index is -2.81. The van der Waals surface area contributed by atoms with Crippen LogP contribution in [0.15, 0.2) is 94.6 Å². The normalized spacial score (nSPS) is 12.2. The molecule has 0 bridgehead atoms. The lowest BCUT2D eigenvalue weighted by Gasteiger charge is -2.42. The molecule has 0 amide bonds. The van der Waals surface area contributed by atoms with Gasteiger partial charge in [0.05, 0.1) is 12.3 Å². The summed E-state index contributed by atoms with van der Waals surface area (Å²) in [5.41, 5.74) is 0.204. The van der Waals surface area contributed by atoms with E-state index in [0.29, 0.717) is 23.4 Å². The predicted octanol–water partition coefficient (Wildman–Crippen LogP) is 4.58. The van der Waals surface area contributed by atoms with Crippen LogP contribution < -0.4 is 21.6 Å². The van der Waals surface area contributed by atoms with E-state index in [2.05, 4.69) is 96.9 Å². The summed E-state index contributed by atoms with van der Waals surface area (Å²) in [6, 6.07) is 26.2. The maximum atomic E-state index is 13.5. The fraction of sp³-hybridized carbons (Fsp3) is 0.233. The first-order chi connectivity index (χ1) is 18.7. The van der Waals surface area contributed by atoms with Gasteiger partial charge >= 0.3 is 5.69 Å². The number of aromatic nitrogens is 4. The maximum Gasteiger partial charge on any atom is 0.350 e. The Balaban J connectivity index is 1.61. The van der Waals surface area contributed by atoms with Crippen LogP contribution in [-0.4, -0.2) is 27.6 Å². The summed E-state index contributed by atoms with van der Waals surface area (Å²) in [5.74, 6) is 0.566. The number of nitrogens with one attached hydrogen (secondary N) is 1. The lowest BCUT2D eigenvalue weighted by atomic mass is 10.1. The Morgan fingerprint density at radius 1 is 0.923 bits per heavy atom. The van der Waals surface area contributed by atoms with E-state index in [-0.39, 0.29) is 22.9 Å². The third-order valence-electron chi connectivity index (χ3n) is 7.17. The van der Waals surface area contributed by atoms with Crippen molar-refractivity contribution in [1.29, 1.82) is 0 Å². The number of benzene rings is 3. The van der Waals surface area contributed by atoms with E-state index < -0.39 is 8.32 Å². The molecule has 0 aliphatic rings. The lowest BCUT2D eigenvalue weighted by molar-refractivity contribution is 0.270. The van der Waals surface area contributed by atoms with Crippen molar-refractivity contribution in [2.75, 3.05) is 0 Å². The highest BCUT2D eigenvalue weighted by atomic mass is 127. The summed E-state index contributed by atoms with van der Waals surface area (Å²) in [5, 5.41) is 8.25. The van der Waals surface area contributed by atoms with E-state index in [0.717, 1.165) is 8.96 Å². The molecule has 0 saturated heterocycles. The van der Waals surface area contributed by atoms with Gasteiger partial charge in [0.1, 0.15) is 0 Å². The standard InChI is InChI=1S/C30H31IN4O3Si/c1-5-34-27(33-35(29(34)37)21-16-17-24-25(18-21)26(31)19-32-28(24)36)20-38-39(30(2,3)4,22-12-8-6-9-13-22)23-14-10-7-11-15-23/h6-19H,5,20H2,1-4H3,(H,32,36). The van der Waals surface area contributed by atoms with Crippen LogP contribution in [0, 0.1) is 3.57 Å². The van der Waals surface area contributed by atoms with Crippen LogP contribution in [-0.2, 0) is 17.6 Å². The molecule has 1 N–H and O–H groups in total. The summed E-state index contributed by atoms with van der Waals surface area (Å²) in [7, 11) is -2.81. The lowest BCUT2D eigenvalue weighted by Crippen LogP contribution is -2.66. The molecule has 0 atom stereocenters. The molecular formula is C30H31IN4O3Si. The predicted molar refractivity (Wildman–Crippen MR) is 167 cm³/mol. The first kappa shape index (κ1) is 27.3. The molecule has 0 aliphatic heterocycles. The monoisotopic (exact) mass is 650 g/mol. The van der Waals surface area contributed by atoms with Gasteiger partial charge in [-0.3, -0.25) is 9.36 Å². The number of fused-ring (bicyclic) bond motifs is 1. The number of hydrogen-bond donors (Lipinski definition) is 1. The van der Waals surface area contributed by atoms with Crippen LogP contribution >= 0.6 is 22.6 Å². The average molecular weight is 651 g/mol. The molecule has 2 aromatic heterocycles. The number of hydrogen-bond acceptors (Lipinski definition) is 4. The summed E-state index contributed by atoms with van der Waals surface area (Å²) >= 11 is 2.18. The van der Waals surface area contributed by atoms with Gasteiger partial charge in [-0.05, 0) is 63.1 Å². The van der Waals surface area contributed by atoms with Crippen molar-refractivity contribution in [3.63, 3.8) is 0 Å². The summed E-state index contributed by atoms with van der Waals surface area (Å²) in [6.07, 6.45) is 1.67. The topological polar surface area (TPSA) is 81.9 Å². The smallest absolute Gasteiger partial charge is 0.350 e. The molecule has 0 unspecified atom stereocenters.